The highest BCUT2D eigenvalue weighted by Crippen LogP contribution is 2.43. The van der Waals surface area contributed by atoms with Crippen molar-refractivity contribution in [1.29, 1.82) is 0 Å². The molecule has 0 aliphatic rings. The third-order valence-electron chi connectivity index (χ3n) is 11.5. The molecule has 10 heteroatoms. The molecule has 1 heterocycles. The second kappa shape index (κ2) is 17.3. The quantitative estimate of drug-likeness (QED) is 0.0754. The van der Waals surface area contributed by atoms with Crippen LogP contribution >= 0.6 is 0 Å². The van der Waals surface area contributed by atoms with Gasteiger partial charge in [-0.1, -0.05) is 181 Å². The molecule has 0 saturated carbocycles. The summed E-state index contributed by atoms with van der Waals surface area (Å²) >= 11 is 0. The lowest BCUT2D eigenvalue weighted by Gasteiger charge is -2.49. The van der Waals surface area contributed by atoms with Gasteiger partial charge in [0.15, 0.2) is 0 Å². The number of hydrogen-bond donors (Lipinski definition) is 2. The Morgan fingerprint density at radius 1 is 0.576 bits per heavy atom. The molecule has 6 aromatic rings. The summed E-state index contributed by atoms with van der Waals surface area (Å²) in [6, 6.07) is 42.5. The lowest BCUT2D eigenvalue weighted by Crippen LogP contribution is -2.73. The fourth-order valence-electron chi connectivity index (χ4n) is 8.83. The van der Waals surface area contributed by atoms with Crippen molar-refractivity contribution >= 4 is 48.3 Å². The second-order valence-corrected chi connectivity index (χ2v) is 26.5. The Hall–Kier alpha value is -4.33. The number of aromatic amines is 1. The SMILES string of the molecule is CC(Cc1c[nH]c2ccccc12)NC([C@@H](O[Si](c1ccccc1)(c1ccccc1)C(C)(C)C)C(C)(F)F)C(F)(F)CO[Si](c1ccccc1)(c1ccccc1)C(C)(C)C. The molecule has 312 valence electrons. The smallest absolute Gasteiger partial charge is 0.287 e. The molecule has 0 aliphatic carbocycles. The minimum Gasteiger partial charge on any atom is -0.401 e. The number of alkyl halides is 4. The van der Waals surface area contributed by atoms with Crippen molar-refractivity contribution < 1.29 is 26.4 Å². The van der Waals surface area contributed by atoms with Crippen molar-refractivity contribution in [2.24, 2.45) is 0 Å². The van der Waals surface area contributed by atoms with Crippen LogP contribution in [-0.2, 0) is 15.3 Å². The van der Waals surface area contributed by atoms with Crippen molar-refractivity contribution in [3.63, 3.8) is 0 Å². The first kappa shape index (κ1) is 44.2. The van der Waals surface area contributed by atoms with Crippen LogP contribution in [0.1, 0.15) is 61.0 Å². The summed E-state index contributed by atoms with van der Waals surface area (Å²) < 4.78 is 83.6. The van der Waals surface area contributed by atoms with Gasteiger partial charge in [-0.2, -0.15) is 0 Å². The van der Waals surface area contributed by atoms with Crippen LogP contribution in [0.3, 0.4) is 0 Å². The van der Waals surface area contributed by atoms with E-state index in [1.807, 2.05) is 193 Å². The van der Waals surface area contributed by atoms with E-state index < -0.39 is 63.4 Å². The van der Waals surface area contributed by atoms with Crippen LogP contribution < -0.4 is 26.1 Å². The van der Waals surface area contributed by atoms with E-state index in [1.54, 1.807) is 6.92 Å². The molecule has 59 heavy (non-hydrogen) atoms. The zero-order valence-electron chi connectivity index (χ0n) is 35.4. The molecule has 6 rings (SSSR count). The third-order valence-corrected chi connectivity index (χ3v) is 21.5. The zero-order valence-corrected chi connectivity index (χ0v) is 37.4. The van der Waals surface area contributed by atoms with Gasteiger partial charge < -0.3 is 19.2 Å². The Morgan fingerprint density at radius 3 is 1.41 bits per heavy atom. The molecule has 4 nitrogen and oxygen atoms in total. The lowest BCUT2D eigenvalue weighted by molar-refractivity contribution is -0.164. The first-order valence-electron chi connectivity index (χ1n) is 20.4. The molecule has 5 aromatic carbocycles. The largest absolute Gasteiger partial charge is 0.401 e. The highest BCUT2D eigenvalue weighted by molar-refractivity contribution is 7.00. The number of para-hydroxylation sites is 1. The Bertz CT molecular complexity index is 2160. The summed E-state index contributed by atoms with van der Waals surface area (Å²) in [4.78, 5) is 3.26. The van der Waals surface area contributed by atoms with Crippen molar-refractivity contribution in [2.75, 3.05) is 6.61 Å². The Labute approximate surface area is 349 Å². The van der Waals surface area contributed by atoms with E-state index >= 15 is 17.6 Å². The molecular weight excluding hydrogens is 781 g/mol. The van der Waals surface area contributed by atoms with Gasteiger partial charge in [0.1, 0.15) is 18.8 Å². The number of halogens is 4. The van der Waals surface area contributed by atoms with E-state index in [2.05, 4.69) is 10.3 Å². The monoisotopic (exact) mass is 838 g/mol. The van der Waals surface area contributed by atoms with Gasteiger partial charge >= 0.3 is 0 Å². The van der Waals surface area contributed by atoms with Gasteiger partial charge in [-0.25, -0.2) is 17.6 Å². The summed E-state index contributed by atoms with van der Waals surface area (Å²) in [7, 11) is -7.32. The number of aromatic nitrogens is 1. The first-order valence-corrected chi connectivity index (χ1v) is 24.2. The van der Waals surface area contributed by atoms with Crippen LogP contribution in [0.15, 0.2) is 152 Å². The fraction of sp³-hybridized carbons (Fsp3) is 0.347. The van der Waals surface area contributed by atoms with Gasteiger partial charge in [0.25, 0.3) is 28.5 Å². The average Bonchev–Trinajstić information content (AvgIpc) is 3.60. The van der Waals surface area contributed by atoms with E-state index in [0.29, 0.717) is 23.7 Å². The van der Waals surface area contributed by atoms with Gasteiger partial charge in [0.2, 0.25) is 0 Å². The van der Waals surface area contributed by atoms with Gasteiger partial charge in [0.05, 0.1) is 0 Å². The average molecular weight is 839 g/mol. The van der Waals surface area contributed by atoms with Crippen LogP contribution in [0.2, 0.25) is 10.1 Å². The number of benzene rings is 5. The topological polar surface area (TPSA) is 46.3 Å². The molecular formula is C49H58F4N2O2Si2. The van der Waals surface area contributed by atoms with Crippen LogP contribution in [0.5, 0.6) is 0 Å². The second-order valence-electron chi connectivity index (χ2n) is 18.0. The summed E-state index contributed by atoms with van der Waals surface area (Å²) in [6.45, 7) is 13.2. The maximum atomic E-state index is 18.0. The molecule has 0 bridgehead atoms. The standard InChI is InChI=1S/C49H58F4N2O2Si2/c1-36(33-37-34-54-43-32-22-21-31-42(37)43)55-44(49(52,53)35-56-58(46(2,3)4,38-23-13-9-14-24-38)39-25-15-10-16-26-39)45(48(8,50)51)57-59(47(5,6)7,40-27-17-11-18-28-40)41-29-19-12-20-30-41/h9-32,34,36,44-45,54-55H,33,35H2,1-8H3/t36?,44?,45-/m1/s1. The van der Waals surface area contributed by atoms with Crippen LogP contribution in [-0.4, -0.2) is 58.3 Å². The summed E-state index contributed by atoms with van der Waals surface area (Å²) in [5.41, 5.74) is 1.79. The molecule has 2 N–H and O–H groups in total. The van der Waals surface area contributed by atoms with E-state index in [9.17, 15) is 0 Å². The summed E-state index contributed by atoms with van der Waals surface area (Å²) in [6.07, 6.45) is -0.128. The third kappa shape index (κ3) is 9.07. The Morgan fingerprint density at radius 2 is 0.983 bits per heavy atom. The predicted molar refractivity (Wildman–Crippen MR) is 240 cm³/mol. The minimum atomic E-state index is -3.86. The van der Waals surface area contributed by atoms with Gasteiger partial charge in [0, 0.05) is 30.1 Å². The number of H-pyrrole nitrogens is 1. The Balaban J connectivity index is 1.51. The minimum absolute atomic E-state index is 0.299. The summed E-state index contributed by atoms with van der Waals surface area (Å²) in [5.74, 6) is -7.59. The van der Waals surface area contributed by atoms with Crippen molar-refractivity contribution in [3.05, 3.63) is 157 Å². The zero-order chi connectivity index (χ0) is 42.7. The summed E-state index contributed by atoms with van der Waals surface area (Å²) in [5, 5.41) is 5.69. The van der Waals surface area contributed by atoms with E-state index in [4.69, 9.17) is 8.85 Å². The molecule has 0 amide bonds. The number of nitrogens with one attached hydrogen (secondary N) is 2. The molecule has 0 radical (unpaired) electrons. The predicted octanol–water partition coefficient (Wildman–Crippen LogP) is 9.87. The molecule has 0 saturated heterocycles. The van der Waals surface area contributed by atoms with Gasteiger partial charge in [-0.05, 0) is 55.8 Å². The number of fused-ring (bicyclic) bond motifs is 1. The molecule has 0 fully saturated rings. The van der Waals surface area contributed by atoms with Crippen LogP contribution in [0.25, 0.3) is 10.9 Å². The van der Waals surface area contributed by atoms with E-state index in [-0.39, 0.29) is 0 Å². The highest BCUT2D eigenvalue weighted by atomic mass is 28.4. The molecule has 0 aliphatic heterocycles. The normalized spacial score (nSPS) is 14.9. The molecule has 3 atom stereocenters. The Kier molecular flexibility index (Phi) is 13.0. The highest BCUT2D eigenvalue weighted by Gasteiger charge is 2.61. The lowest BCUT2D eigenvalue weighted by atomic mass is 9.97. The van der Waals surface area contributed by atoms with Crippen LogP contribution in [0.4, 0.5) is 17.6 Å². The van der Waals surface area contributed by atoms with Crippen molar-refractivity contribution in [3.8, 4) is 0 Å². The van der Waals surface area contributed by atoms with Crippen molar-refractivity contribution in [2.45, 2.75) is 102 Å². The maximum absolute atomic E-state index is 18.0. The fourth-order valence-corrected chi connectivity index (χ4v) is 18.1. The first-order chi connectivity index (χ1) is 27.8. The maximum Gasteiger partial charge on any atom is 0.287 e. The van der Waals surface area contributed by atoms with Gasteiger partial charge in [-0.15, -0.1) is 0 Å². The molecule has 2 unspecified atom stereocenters. The number of rotatable bonds is 16. The van der Waals surface area contributed by atoms with Crippen LogP contribution in [0, 0.1) is 0 Å². The van der Waals surface area contributed by atoms with Crippen molar-refractivity contribution in [1.82, 2.24) is 10.3 Å². The molecule has 0 spiro atoms. The van der Waals surface area contributed by atoms with Gasteiger partial charge in [-0.3, -0.25) is 0 Å². The van der Waals surface area contributed by atoms with E-state index in [1.165, 1.54) is 0 Å². The molecule has 1 aromatic heterocycles. The van der Waals surface area contributed by atoms with E-state index in [0.717, 1.165) is 26.8 Å². The number of hydrogen-bond acceptors (Lipinski definition) is 3.